The lowest BCUT2D eigenvalue weighted by atomic mass is 9.96. The monoisotopic (exact) mass is 438 g/mol. The SMILES string of the molecule is COc1ccc(C(CC(O)c2ccc(OC)c(OC)c2)Nc2ccc([N+](=O)[O-])cc2)cc1. The number of non-ortho nitro benzene ring substituents is 1. The second-order valence-electron chi connectivity index (χ2n) is 7.14. The van der Waals surface area contributed by atoms with Crippen LogP contribution in [0.4, 0.5) is 11.4 Å². The fraction of sp³-hybridized carbons (Fsp3) is 0.250. The number of anilines is 1. The third-order valence-corrected chi connectivity index (χ3v) is 5.19. The summed E-state index contributed by atoms with van der Waals surface area (Å²) in [6.45, 7) is 0. The van der Waals surface area contributed by atoms with E-state index in [2.05, 4.69) is 5.32 Å². The quantitative estimate of drug-likeness (QED) is 0.343. The average Bonchev–Trinajstić information content (AvgIpc) is 2.83. The minimum atomic E-state index is -0.799. The van der Waals surface area contributed by atoms with Crippen molar-refractivity contribution in [3.05, 3.63) is 88.0 Å². The maximum atomic E-state index is 11.0. The standard InChI is InChI=1S/C24H26N2O6/c1-30-20-11-4-16(5-12-20)21(25-18-7-9-19(10-8-18)26(28)29)15-22(27)17-6-13-23(31-2)24(14-17)32-3/h4-14,21-22,25,27H,15H2,1-3H3. The molecule has 0 saturated heterocycles. The molecule has 3 aromatic carbocycles. The number of nitro groups is 1. The molecule has 0 heterocycles. The smallest absolute Gasteiger partial charge is 0.269 e. The second-order valence-corrected chi connectivity index (χ2v) is 7.14. The topological polar surface area (TPSA) is 103 Å². The van der Waals surface area contributed by atoms with Gasteiger partial charge in [0.2, 0.25) is 0 Å². The highest BCUT2D eigenvalue weighted by Crippen LogP contribution is 2.35. The Balaban J connectivity index is 1.86. The number of methoxy groups -OCH3 is 3. The largest absolute Gasteiger partial charge is 0.497 e. The Morgan fingerprint density at radius 2 is 1.50 bits per heavy atom. The van der Waals surface area contributed by atoms with E-state index in [0.29, 0.717) is 29.2 Å². The molecule has 32 heavy (non-hydrogen) atoms. The second kappa shape index (κ2) is 10.5. The molecule has 0 aromatic heterocycles. The van der Waals surface area contributed by atoms with Crippen molar-refractivity contribution in [2.45, 2.75) is 18.6 Å². The van der Waals surface area contributed by atoms with Gasteiger partial charge in [-0.2, -0.15) is 0 Å². The average molecular weight is 438 g/mol. The summed E-state index contributed by atoms with van der Waals surface area (Å²) in [6, 6.07) is 18.8. The first kappa shape index (κ1) is 22.9. The van der Waals surface area contributed by atoms with Crippen LogP contribution in [0.5, 0.6) is 17.2 Å². The maximum absolute atomic E-state index is 11.0. The fourth-order valence-electron chi connectivity index (χ4n) is 3.41. The molecule has 2 atom stereocenters. The van der Waals surface area contributed by atoms with E-state index in [-0.39, 0.29) is 11.7 Å². The van der Waals surface area contributed by atoms with E-state index < -0.39 is 11.0 Å². The molecule has 0 amide bonds. The van der Waals surface area contributed by atoms with Crippen LogP contribution in [0.3, 0.4) is 0 Å². The van der Waals surface area contributed by atoms with Crippen molar-refractivity contribution in [1.82, 2.24) is 0 Å². The highest BCUT2D eigenvalue weighted by molar-refractivity contribution is 5.50. The first-order valence-corrected chi connectivity index (χ1v) is 10.00. The van der Waals surface area contributed by atoms with E-state index in [1.54, 1.807) is 51.7 Å². The third kappa shape index (κ3) is 5.47. The van der Waals surface area contributed by atoms with Gasteiger partial charge in [-0.05, 0) is 47.5 Å². The number of aliphatic hydroxyl groups is 1. The number of nitro benzene ring substituents is 1. The molecule has 0 spiro atoms. The van der Waals surface area contributed by atoms with E-state index in [1.165, 1.54) is 12.1 Å². The van der Waals surface area contributed by atoms with Gasteiger partial charge in [-0.25, -0.2) is 0 Å². The molecule has 0 saturated carbocycles. The van der Waals surface area contributed by atoms with Crippen molar-refractivity contribution in [2.24, 2.45) is 0 Å². The zero-order valence-corrected chi connectivity index (χ0v) is 18.1. The summed E-state index contributed by atoms with van der Waals surface area (Å²) in [7, 11) is 4.70. The zero-order valence-electron chi connectivity index (χ0n) is 18.1. The third-order valence-electron chi connectivity index (χ3n) is 5.19. The summed E-state index contributed by atoms with van der Waals surface area (Å²) in [5.74, 6) is 1.84. The van der Waals surface area contributed by atoms with Crippen molar-refractivity contribution >= 4 is 11.4 Å². The molecule has 2 N–H and O–H groups in total. The Bertz CT molecular complexity index is 1040. The summed E-state index contributed by atoms with van der Waals surface area (Å²) >= 11 is 0. The summed E-state index contributed by atoms with van der Waals surface area (Å²) in [5, 5.41) is 25.3. The fourth-order valence-corrected chi connectivity index (χ4v) is 3.41. The Labute approximate surface area is 186 Å². The van der Waals surface area contributed by atoms with Gasteiger partial charge in [0.1, 0.15) is 5.75 Å². The summed E-state index contributed by atoms with van der Waals surface area (Å²) in [5.41, 5.74) is 2.34. The van der Waals surface area contributed by atoms with Crippen LogP contribution in [0.25, 0.3) is 0 Å². The van der Waals surface area contributed by atoms with Crippen LogP contribution in [0.1, 0.15) is 29.7 Å². The van der Waals surface area contributed by atoms with Gasteiger partial charge in [-0.1, -0.05) is 18.2 Å². The van der Waals surface area contributed by atoms with Crippen LogP contribution in [0.15, 0.2) is 66.7 Å². The maximum Gasteiger partial charge on any atom is 0.269 e. The Morgan fingerprint density at radius 1 is 0.875 bits per heavy atom. The molecule has 0 fully saturated rings. The molecule has 0 aliphatic rings. The van der Waals surface area contributed by atoms with Crippen molar-refractivity contribution < 1.29 is 24.2 Å². The zero-order chi connectivity index (χ0) is 23.1. The van der Waals surface area contributed by atoms with Gasteiger partial charge in [-0.3, -0.25) is 10.1 Å². The molecule has 0 bridgehead atoms. The predicted molar refractivity (Wildman–Crippen MR) is 122 cm³/mol. The van der Waals surface area contributed by atoms with E-state index >= 15 is 0 Å². The molecular formula is C24H26N2O6. The van der Waals surface area contributed by atoms with Crippen molar-refractivity contribution in [3.8, 4) is 17.2 Å². The number of benzene rings is 3. The highest BCUT2D eigenvalue weighted by Gasteiger charge is 2.20. The van der Waals surface area contributed by atoms with Crippen LogP contribution >= 0.6 is 0 Å². The highest BCUT2D eigenvalue weighted by atomic mass is 16.6. The number of hydrogen-bond donors (Lipinski definition) is 2. The van der Waals surface area contributed by atoms with Gasteiger partial charge in [0, 0.05) is 24.2 Å². The van der Waals surface area contributed by atoms with Crippen LogP contribution in [0.2, 0.25) is 0 Å². The lowest BCUT2D eigenvalue weighted by Crippen LogP contribution is -2.15. The minimum Gasteiger partial charge on any atom is -0.497 e. The van der Waals surface area contributed by atoms with E-state index in [4.69, 9.17) is 14.2 Å². The molecule has 168 valence electrons. The lowest BCUT2D eigenvalue weighted by Gasteiger charge is -2.24. The first-order valence-electron chi connectivity index (χ1n) is 10.00. The van der Waals surface area contributed by atoms with E-state index in [0.717, 1.165) is 11.3 Å². The molecule has 3 rings (SSSR count). The molecule has 8 nitrogen and oxygen atoms in total. The summed E-state index contributed by atoms with van der Waals surface area (Å²) < 4.78 is 15.9. The minimum absolute atomic E-state index is 0.0157. The number of nitrogens with zero attached hydrogens (tertiary/aromatic N) is 1. The number of ether oxygens (including phenoxy) is 3. The number of rotatable bonds is 10. The predicted octanol–water partition coefficient (Wildman–Crippen LogP) is 4.90. The molecular weight excluding hydrogens is 412 g/mol. The lowest BCUT2D eigenvalue weighted by molar-refractivity contribution is -0.384. The van der Waals surface area contributed by atoms with Crippen LogP contribution in [0, 0.1) is 10.1 Å². The molecule has 0 aliphatic carbocycles. The summed E-state index contributed by atoms with van der Waals surface area (Å²) in [6.07, 6.45) is -0.453. The van der Waals surface area contributed by atoms with Crippen molar-refractivity contribution in [2.75, 3.05) is 26.6 Å². The van der Waals surface area contributed by atoms with Gasteiger partial charge in [-0.15, -0.1) is 0 Å². The van der Waals surface area contributed by atoms with Gasteiger partial charge >= 0.3 is 0 Å². The van der Waals surface area contributed by atoms with Gasteiger partial charge in [0.15, 0.2) is 11.5 Å². The normalized spacial score (nSPS) is 12.5. The molecule has 3 aromatic rings. The van der Waals surface area contributed by atoms with Gasteiger partial charge in [0.05, 0.1) is 38.4 Å². The molecule has 2 unspecified atom stereocenters. The van der Waals surface area contributed by atoms with Crippen LogP contribution in [-0.2, 0) is 0 Å². The van der Waals surface area contributed by atoms with E-state index in [1.807, 2.05) is 24.3 Å². The Morgan fingerprint density at radius 3 is 2.06 bits per heavy atom. The molecule has 0 aliphatic heterocycles. The Kier molecular flexibility index (Phi) is 7.51. The van der Waals surface area contributed by atoms with Gasteiger partial charge in [0.25, 0.3) is 5.69 Å². The number of aliphatic hydroxyl groups excluding tert-OH is 1. The van der Waals surface area contributed by atoms with Gasteiger partial charge < -0.3 is 24.6 Å². The number of nitrogens with one attached hydrogen (secondary N) is 1. The number of hydrogen-bond acceptors (Lipinski definition) is 7. The molecule has 0 radical (unpaired) electrons. The van der Waals surface area contributed by atoms with Crippen molar-refractivity contribution in [3.63, 3.8) is 0 Å². The van der Waals surface area contributed by atoms with E-state index in [9.17, 15) is 15.2 Å². The molecule has 8 heteroatoms. The van der Waals surface area contributed by atoms with Crippen LogP contribution in [-0.4, -0.2) is 31.4 Å². The van der Waals surface area contributed by atoms with Crippen LogP contribution < -0.4 is 19.5 Å². The first-order chi connectivity index (χ1) is 15.4. The Hall–Kier alpha value is -3.78. The van der Waals surface area contributed by atoms with Crippen molar-refractivity contribution in [1.29, 1.82) is 0 Å². The summed E-state index contributed by atoms with van der Waals surface area (Å²) in [4.78, 5) is 10.5.